The van der Waals surface area contributed by atoms with Crippen molar-refractivity contribution in [3.63, 3.8) is 0 Å². The van der Waals surface area contributed by atoms with Gasteiger partial charge in [0.25, 0.3) is 5.91 Å². The van der Waals surface area contributed by atoms with Gasteiger partial charge in [0.1, 0.15) is 12.4 Å². The number of anilines is 1. The standard InChI is InChI=1S/C26H27N3O4S/c1-4-16-33-25-7-5-6-22(17-25)18-27-28-26(30)23-12-14-24(15-13-23)29(34(3,31)32)19-21-10-8-20(2)9-11-21/h4-15,17-18H,1,16,19H2,2-3H3,(H,28,30)/b27-18-. The van der Waals surface area contributed by atoms with Crippen molar-refractivity contribution in [1.82, 2.24) is 5.43 Å². The number of carbonyl (C=O) groups is 1. The first-order valence-electron chi connectivity index (χ1n) is 10.6. The molecule has 0 aliphatic carbocycles. The van der Waals surface area contributed by atoms with E-state index in [1.165, 1.54) is 10.5 Å². The highest BCUT2D eigenvalue weighted by atomic mass is 32.2. The molecule has 1 N–H and O–H groups in total. The molecular weight excluding hydrogens is 450 g/mol. The van der Waals surface area contributed by atoms with Crippen LogP contribution in [0.15, 0.2) is 90.6 Å². The first-order chi connectivity index (χ1) is 16.3. The van der Waals surface area contributed by atoms with Crippen LogP contribution in [0.2, 0.25) is 0 Å². The molecule has 0 aliphatic rings. The lowest BCUT2D eigenvalue weighted by molar-refractivity contribution is 0.0955. The number of amides is 1. The molecule has 0 radical (unpaired) electrons. The van der Waals surface area contributed by atoms with Crippen LogP contribution in [0.3, 0.4) is 0 Å². The highest BCUT2D eigenvalue weighted by Gasteiger charge is 2.18. The van der Waals surface area contributed by atoms with Crippen LogP contribution in [0, 0.1) is 6.92 Å². The van der Waals surface area contributed by atoms with Crippen molar-refractivity contribution >= 4 is 27.8 Å². The fourth-order valence-electron chi connectivity index (χ4n) is 3.11. The van der Waals surface area contributed by atoms with Crippen molar-refractivity contribution in [2.24, 2.45) is 5.10 Å². The summed E-state index contributed by atoms with van der Waals surface area (Å²) in [5.41, 5.74) is 6.03. The molecule has 0 spiro atoms. The Morgan fingerprint density at radius 2 is 1.79 bits per heavy atom. The highest BCUT2D eigenvalue weighted by molar-refractivity contribution is 7.92. The van der Waals surface area contributed by atoms with Gasteiger partial charge in [0, 0.05) is 5.56 Å². The minimum atomic E-state index is -3.52. The van der Waals surface area contributed by atoms with E-state index in [1.54, 1.807) is 36.4 Å². The van der Waals surface area contributed by atoms with Gasteiger partial charge in [-0.05, 0) is 54.4 Å². The van der Waals surface area contributed by atoms with E-state index in [9.17, 15) is 13.2 Å². The quantitative estimate of drug-likeness (QED) is 0.268. The zero-order chi connectivity index (χ0) is 24.6. The van der Waals surface area contributed by atoms with Gasteiger partial charge in [-0.25, -0.2) is 13.8 Å². The van der Waals surface area contributed by atoms with Crippen molar-refractivity contribution in [2.75, 3.05) is 17.2 Å². The number of nitrogens with one attached hydrogen (secondary N) is 1. The van der Waals surface area contributed by atoms with Crippen molar-refractivity contribution < 1.29 is 17.9 Å². The van der Waals surface area contributed by atoms with Gasteiger partial charge in [0.15, 0.2) is 0 Å². The summed E-state index contributed by atoms with van der Waals surface area (Å²) in [6.45, 7) is 6.18. The number of aryl methyl sites for hydroxylation is 1. The minimum absolute atomic E-state index is 0.199. The summed E-state index contributed by atoms with van der Waals surface area (Å²) < 4.78 is 31.6. The van der Waals surface area contributed by atoms with Crippen LogP contribution >= 0.6 is 0 Å². The number of carbonyl (C=O) groups excluding carboxylic acids is 1. The van der Waals surface area contributed by atoms with E-state index in [-0.39, 0.29) is 6.54 Å². The van der Waals surface area contributed by atoms with Gasteiger partial charge < -0.3 is 4.74 Å². The molecule has 3 aromatic carbocycles. The second-order valence-corrected chi connectivity index (χ2v) is 9.58. The molecule has 0 fully saturated rings. The molecular formula is C26H27N3O4S. The Morgan fingerprint density at radius 3 is 2.44 bits per heavy atom. The monoisotopic (exact) mass is 477 g/mol. The highest BCUT2D eigenvalue weighted by Crippen LogP contribution is 2.21. The predicted octanol–water partition coefficient (Wildman–Crippen LogP) is 4.29. The Hall–Kier alpha value is -3.91. The van der Waals surface area contributed by atoms with Crippen molar-refractivity contribution in [2.45, 2.75) is 13.5 Å². The van der Waals surface area contributed by atoms with Gasteiger partial charge in [-0.15, -0.1) is 0 Å². The second kappa shape index (κ2) is 11.3. The van der Waals surface area contributed by atoms with E-state index < -0.39 is 15.9 Å². The third-order valence-corrected chi connectivity index (χ3v) is 6.01. The van der Waals surface area contributed by atoms with Crippen LogP contribution in [0.25, 0.3) is 0 Å². The van der Waals surface area contributed by atoms with Gasteiger partial charge in [-0.1, -0.05) is 54.6 Å². The van der Waals surface area contributed by atoms with Crippen molar-refractivity contribution in [3.05, 3.63) is 108 Å². The molecule has 0 atom stereocenters. The number of nitrogens with zero attached hydrogens (tertiary/aromatic N) is 2. The fourth-order valence-corrected chi connectivity index (χ4v) is 4.00. The lowest BCUT2D eigenvalue weighted by atomic mass is 10.1. The summed E-state index contributed by atoms with van der Waals surface area (Å²) in [7, 11) is -3.52. The first-order valence-corrected chi connectivity index (χ1v) is 12.4. The van der Waals surface area contributed by atoms with Gasteiger partial charge >= 0.3 is 0 Å². The molecule has 3 aromatic rings. The summed E-state index contributed by atoms with van der Waals surface area (Å²) in [4.78, 5) is 12.5. The molecule has 0 bridgehead atoms. The summed E-state index contributed by atoms with van der Waals surface area (Å²) in [5, 5.41) is 3.99. The first kappa shape index (κ1) is 24.7. The molecule has 1 amide bonds. The molecule has 176 valence electrons. The van der Waals surface area contributed by atoms with E-state index >= 15 is 0 Å². The molecule has 0 saturated heterocycles. The Labute approximate surface area is 200 Å². The number of rotatable bonds is 10. The molecule has 0 aromatic heterocycles. The van der Waals surface area contributed by atoms with Crippen LogP contribution < -0.4 is 14.5 Å². The SMILES string of the molecule is C=CCOc1cccc(/C=N\NC(=O)c2ccc(N(Cc3ccc(C)cc3)S(C)(=O)=O)cc2)c1. The Morgan fingerprint density at radius 1 is 1.09 bits per heavy atom. The number of hydrogen-bond donors (Lipinski definition) is 1. The van der Waals surface area contributed by atoms with E-state index in [0.29, 0.717) is 23.6 Å². The van der Waals surface area contributed by atoms with Gasteiger partial charge in [-0.2, -0.15) is 5.10 Å². The Kier molecular flexibility index (Phi) is 8.21. The minimum Gasteiger partial charge on any atom is -0.490 e. The topological polar surface area (TPSA) is 88.1 Å². The Balaban J connectivity index is 1.67. The van der Waals surface area contributed by atoms with Crippen molar-refractivity contribution in [3.8, 4) is 5.75 Å². The van der Waals surface area contributed by atoms with Crippen LogP contribution in [-0.4, -0.2) is 33.4 Å². The molecule has 8 heteroatoms. The third-order valence-electron chi connectivity index (χ3n) is 4.87. The van der Waals surface area contributed by atoms with Gasteiger partial charge in [0.2, 0.25) is 10.0 Å². The number of benzene rings is 3. The van der Waals surface area contributed by atoms with E-state index in [1.807, 2.05) is 49.4 Å². The zero-order valence-corrected chi connectivity index (χ0v) is 20.0. The largest absolute Gasteiger partial charge is 0.490 e. The Bertz CT molecular complexity index is 1270. The van der Waals surface area contributed by atoms with Crippen LogP contribution in [0.4, 0.5) is 5.69 Å². The maximum Gasteiger partial charge on any atom is 0.271 e. The van der Waals surface area contributed by atoms with Crippen molar-refractivity contribution in [1.29, 1.82) is 0 Å². The maximum atomic E-state index is 12.5. The normalized spacial score (nSPS) is 11.2. The predicted molar refractivity (Wildman–Crippen MR) is 136 cm³/mol. The number of hydrazone groups is 1. The summed E-state index contributed by atoms with van der Waals surface area (Å²) >= 11 is 0. The smallest absolute Gasteiger partial charge is 0.271 e. The molecule has 34 heavy (non-hydrogen) atoms. The lowest BCUT2D eigenvalue weighted by Crippen LogP contribution is -2.29. The van der Waals surface area contributed by atoms with Crippen LogP contribution in [-0.2, 0) is 16.6 Å². The number of sulfonamides is 1. The summed E-state index contributed by atoms with van der Waals surface area (Å²) in [6, 6.07) is 21.3. The van der Waals surface area contributed by atoms with E-state index in [2.05, 4.69) is 17.1 Å². The molecule has 0 saturated carbocycles. The van der Waals surface area contributed by atoms with E-state index in [0.717, 1.165) is 22.9 Å². The molecule has 7 nitrogen and oxygen atoms in total. The number of ether oxygens (including phenoxy) is 1. The van der Waals surface area contributed by atoms with Crippen LogP contribution in [0.1, 0.15) is 27.0 Å². The van der Waals surface area contributed by atoms with Gasteiger partial charge in [-0.3, -0.25) is 9.10 Å². The van der Waals surface area contributed by atoms with Gasteiger partial charge in [0.05, 0.1) is 24.7 Å². The zero-order valence-electron chi connectivity index (χ0n) is 19.1. The molecule has 3 rings (SSSR count). The third kappa shape index (κ3) is 7.05. The molecule has 0 aliphatic heterocycles. The average Bonchev–Trinajstić information content (AvgIpc) is 2.82. The number of hydrogen-bond acceptors (Lipinski definition) is 5. The lowest BCUT2D eigenvalue weighted by Gasteiger charge is -2.22. The summed E-state index contributed by atoms with van der Waals surface area (Å²) in [5.74, 6) is 0.262. The summed E-state index contributed by atoms with van der Waals surface area (Å²) in [6.07, 6.45) is 4.33. The van der Waals surface area contributed by atoms with Crippen LogP contribution in [0.5, 0.6) is 5.75 Å². The maximum absolute atomic E-state index is 12.5. The van der Waals surface area contributed by atoms with E-state index in [4.69, 9.17) is 4.74 Å². The average molecular weight is 478 g/mol. The molecule has 0 unspecified atom stereocenters. The second-order valence-electron chi connectivity index (χ2n) is 7.67. The fraction of sp³-hybridized carbons (Fsp3) is 0.154. The molecule has 0 heterocycles.